The van der Waals surface area contributed by atoms with Crippen LogP contribution in [0.4, 0.5) is 11.5 Å². The number of para-hydroxylation sites is 1. The number of anilines is 2. The molecule has 0 fully saturated rings. The third-order valence-corrected chi connectivity index (χ3v) is 2.16. The molecule has 0 amide bonds. The first kappa shape index (κ1) is 10.1. The van der Waals surface area contributed by atoms with Gasteiger partial charge in [-0.1, -0.05) is 18.2 Å². The molecule has 0 aliphatic rings. The summed E-state index contributed by atoms with van der Waals surface area (Å²) in [6, 6.07) is 11.5. The van der Waals surface area contributed by atoms with Crippen LogP contribution in [0, 0.1) is 18.3 Å². The molecule has 4 nitrogen and oxygen atoms in total. The fraction of sp³-hybridized carbons (Fsp3) is 0.0833. The quantitative estimate of drug-likeness (QED) is 0.826. The predicted molar refractivity (Wildman–Crippen MR) is 61.2 cm³/mol. The molecule has 4 heteroatoms. The Kier molecular flexibility index (Phi) is 2.79. The van der Waals surface area contributed by atoms with E-state index < -0.39 is 0 Å². The van der Waals surface area contributed by atoms with Crippen LogP contribution < -0.4 is 5.32 Å². The summed E-state index contributed by atoms with van der Waals surface area (Å²) in [5, 5.41) is 11.8. The van der Waals surface area contributed by atoms with Crippen molar-refractivity contribution >= 4 is 11.5 Å². The van der Waals surface area contributed by atoms with Gasteiger partial charge >= 0.3 is 0 Å². The number of nitrogens with zero attached hydrogens (tertiary/aromatic N) is 3. The summed E-state index contributed by atoms with van der Waals surface area (Å²) in [7, 11) is 0. The number of aryl methyl sites for hydroxylation is 1. The van der Waals surface area contributed by atoms with Crippen LogP contribution in [-0.4, -0.2) is 9.97 Å². The van der Waals surface area contributed by atoms with Crippen molar-refractivity contribution in [3.63, 3.8) is 0 Å². The molecule has 0 radical (unpaired) electrons. The number of rotatable bonds is 2. The zero-order valence-corrected chi connectivity index (χ0v) is 8.81. The number of nitrogens with one attached hydrogen (secondary N) is 1. The smallest absolute Gasteiger partial charge is 0.234 e. The van der Waals surface area contributed by atoms with Gasteiger partial charge in [0.2, 0.25) is 5.82 Å². The van der Waals surface area contributed by atoms with Crippen molar-refractivity contribution in [1.82, 2.24) is 9.97 Å². The first-order valence-electron chi connectivity index (χ1n) is 4.85. The van der Waals surface area contributed by atoms with Gasteiger partial charge in [-0.3, -0.25) is 0 Å². The van der Waals surface area contributed by atoms with E-state index in [1.165, 1.54) is 0 Å². The molecule has 1 aromatic heterocycles. The maximum atomic E-state index is 8.68. The SMILES string of the molecule is Cc1ccccc1Nc1ccnc(C#N)n1. The molecule has 0 saturated heterocycles. The fourth-order valence-electron chi connectivity index (χ4n) is 1.33. The van der Waals surface area contributed by atoms with Gasteiger partial charge in [-0.25, -0.2) is 9.97 Å². The lowest BCUT2D eigenvalue weighted by Gasteiger charge is -2.07. The Morgan fingerprint density at radius 3 is 2.81 bits per heavy atom. The topological polar surface area (TPSA) is 61.6 Å². The van der Waals surface area contributed by atoms with Gasteiger partial charge in [0.15, 0.2) is 0 Å². The van der Waals surface area contributed by atoms with E-state index in [1.54, 1.807) is 12.3 Å². The first-order valence-corrected chi connectivity index (χ1v) is 4.85. The van der Waals surface area contributed by atoms with E-state index in [9.17, 15) is 0 Å². The maximum Gasteiger partial charge on any atom is 0.234 e. The summed E-state index contributed by atoms with van der Waals surface area (Å²) in [5.41, 5.74) is 2.10. The van der Waals surface area contributed by atoms with Gasteiger partial charge in [-0.05, 0) is 24.6 Å². The molecule has 1 N–H and O–H groups in total. The van der Waals surface area contributed by atoms with Gasteiger partial charge in [0, 0.05) is 11.9 Å². The Morgan fingerprint density at radius 1 is 1.25 bits per heavy atom. The summed E-state index contributed by atoms with van der Waals surface area (Å²) in [6.45, 7) is 2.01. The zero-order valence-electron chi connectivity index (χ0n) is 8.81. The molecule has 1 heterocycles. The lowest BCUT2D eigenvalue weighted by atomic mass is 10.2. The molecule has 0 spiro atoms. The fourth-order valence-corrected chi connectivity index (χ4v) is 1.33. The largest absolute Gasteiger partial charge is 0.340 e. The van der Waals surface area contributed by atoms with Crippen molar-refractivity contribution < 1.29 is 0 Å². The molecule has 0 unspecified atom stereocenters. The van der Waals surface area contributed by atoms with E-state index in [-0.39, 0.29) is 5.82 Å². The molecule has 2 aromatic rings. The third-order valence-electron chi connectivity index (χ3n) is 2.16. The van der Waals surface area contributed by atoms with E-state index in [2.05, 4.69) is 15.3 Å². The van der Waals surface area contributed by atoms with Crippen molar-refractivity contribution in [1.29, 1.82) is 5.26 Å². The van der Waals surface area contributed by atoms with Crippen molar-refractivity contribution in [2.75, 3.05) is 5.32 Å². The van der Waals surface area contributed by atoms with E-state index in [4.69, 9.17) is 5.26 Å². The summed E-state index contributed by atoms with van der Waals surface area (Å²) < 4.78 is 0. The van der Waals surface area contributed by atoms with Gasteiger partial charge < -0.3 is 5.32 Å². The summed E-state index contributed by atoms with van der Waals surface area (Å²) in [5.74, 6) is 0.791. The van der Waals surface area contributed by atoms with Gasteiger partial charge in [0.05, 0.1) is 0 Å². The van der Waals surface area contributed by atoms with Gasteiger partial charge in [-0.2, -0.15) is 5.26 Å². The second-order valence-electron chi connectivity index (χ2n) is 3.32. The molecule has 0 aliphatic carbocycles. The first-order chi connectivity index (χ1) is 7.79. The van der Waals surface area contributed by atoms with Crippen molar-refractivity contribution in [3.05, 3.63) is 47.9 Å². The average Bonchev–Trinajstić information content (AvgIpc) is 2.32. The monoisotopic (exact) mass is 210 g/mol. The number of benzene rings is 1. The van der Waals surface area contributed by atoms with Gasteiger partial charge in [0.1, 0.15) is 11.9 Å². The molecule has 2 rings (SSSR count). The highest BCUT2D eigenvalue weighted by molar-refractivity contribution is 5.59. The average molecular weight is 210 g/mol. The molecular formula is C12H10N4. The predicted octanol–water partition coefficient (Wildman–Crippen LogP) is 2.40. The Hall–Kier alpha value is -2.41. The third kappa shape index (κ3) is 2.15. The summed E-state index contributed by atoms with van der Waals surface area (Å²) >= 11 is 0. The van der Waals surface area contributed by atoms with Crippen LogP contribution in [0.1, 0.15) is 11.4 Å². The lowest BCUT2D eigenvalue weighted by molar-refractivity contribution is 1.11. The van der Waals surface area contributed by atoms with E-state index in [1.807, 2.05) is 37.3 Å². The van der Waals surface area contributed by atoms with E-state index in [0.717, 1.165) is 11.3 Å². The molecular weight excluding hydrogens is 200 g/mol. The highest BCUT2D eigenvalue weighted by Crippen LogP contribution is 2.17. The van der Waals surface area contributed by atoms with Crippen LogP contribution in [0.2, 0.25) is 0 Å². The van der Waals surface area contributed by atoms with Crippen LogP contribution >= 0.6 is 0 Å². The lowest BCUT2D eigenvalue weighted by Crippen LogP contribution is -1.98. The second kappa shape index (κ2) is 4.41. The summed E-state index contributed by atoms with van der Waals surface area (Å²) in [4.78, 5) is 7.85. The Bertz CT molecular complexity index is 543. The summed E-state index contributed by atoms with van der Waals surface area (Å²) in [6.07, 6.45) is 1.56. The molecule has 16 heavy (non-hydrogen) atoms. The minimum absolute atomic E-state index is 0.165. The molecule has 78 valence electrons. The Balaban J connectivity index is 2.28. The van der Waals surface area contributed by atoms with Crippen LogP contribution in [0.5, 0.6) is 0 Å². The number of aromatic nitrogens is 2. The van der Waals surface area contributed by atoms with E-state index >= 15 is 0 Å². The van der Waals surface area contributed by atoms with Crippen LogP contribution in [0.15, 0.2) is 36.5 Å². The Morgan fingerprint density at radius 2 is 2.06 bits per heavy atom. The number of hydrogen-bond acceptors (Lipinski definition) is 4. The molecule has 0 atom stereocenters. The minimum Gasteiger partial charge on any atom is -0.340 e. The van der Waals surface area contributed by atoms with Crippen LogP contribution in [0.25, 0.3) is 0 Å². The maximum absolute atomic E-state index is 8.68. The normalized spacial score (nSPS) is 9.50. The standard InChI is InChI=1S/C12H10N4/c1-9-4-2-3-5-10(9)15-11-6-7-14-12(8-13)16-11/h2-7H,1H3,(H,14,15,16). The number of hydrogen-bond donors (Lipinski definition) is 1. The van der Waals surface area contributed by atoms with E-state index in [0.29, 0.717) is 5.82 Å². The van der Waals surface area contributed by atoms with Gasteiger partial charge in [0.25, 0.3) is 0 Å². The molecule has 0 bridgehead atoms. The Labute approximate surface area is 93.6 Å². The minimum atomic E-state index is 0.165. The second-order valence-corrected chi connectivity index (χ2v) is 3.32. The highest BCUT2D eigenvalue weighted by Gasteiger charge is 2.00. The van der Waals surface area contributed by atoms with Gasteiger partial charge in [-0.15, -0.1) is 0 Å². The van der Waals surface area contributed by atoms with Crippen molar-refractivity contribution in [3.8, 4) is 6.07 Å². The molecule has 0 aliphatic heterocycles. The highest BCUT2D eigenvalue weighted by atomic mass is 15.0. The van der Waals surface area contributed by atoms with Crippen molar-refractivity contribution in [2.45, 2.75) is 6.92 Å². The van der Waals surface area contributed by atoms with Crippen LogP contribution in [-0.2, 0) is 0 Å². The van der Waals surface area contributed by atoms with Crippen LogP contribution in [0.3, 0.4) is 0 Å². The molecule has 0 saturated carbocycles. The molecule has 1 aromatic carbocycles. The van der Waals surface area contributed by atoms with Crippen molar-refractivity contribution in [2.24, 2.45) is 0 Å². The zero-order chi connectivity index (χ0) is 11.4. The number of nitriles is 1.